The molecule has 0 saturated heterocycles. The van der Waals surface area contributed by atoms with Crippen LogP contribution in [0, 0.1) is 0 Å². The van der Waals surface area contributed by atoms with Crippen molar-refractivity contribution in [2.24, 2.45) is 0 Å². The number of aromatic nitrogens is 6. The van der Waals surface area contributed by atoms with Gasteiger partial charge in [-0.25, -0.2) is 4.98 Å². The fourth-order valence-electron chi connectivity index (χ4n) is 12.5. The number of hydrogen-bond donors (Lipinski definition) is 0. The van der Waals surface area contributed by atoms with Gasteiger partial charge >= 0.3 is 0 Å². The Morgan fingerprint density at radius 2 is 0.805 bits per heavy atom. The van der Waals surface area contributed by atoms with Crippen molar-refractivity contribution in [3.05, 3.63) is 243 Å². The van der Waals surface area contributed by atoms with E-state index in [4.69, 9.17) is 23.8 Å². The van der Waals surface area contributed by atoms with Crippen molar-refractivity contribution in [3.63, 3.8) is 0 Å². The lowest BCUT2D eigenvalue weighted by molar-refractivity contribution is 0.669. The predicted molar refractivity (Wildman–Crippen MR) is 314 cm³/mol. The minimum absolute atomic E-state index is 0.511. The van der Waals surface area contributed by atoms with Crippen LogP contribution in [0.4, 0.5) is 0 Å². The van der Waals surface area contributed by atoms with E-state index < -0.39 is 0 Å². The number of fused-ring (bicyclic) bond motifs is 16. The molecule has 0 saturated carbocycles. The summed E-state index contributed by atoms with van der Waals surface area (Å²) >= 11 is 0. The lowest BCUT2D eigenvalue weighted by Crippen LogP contribution is -2.07. The molecule has 77 heavy (non-hydrogen) atoms. The molecule has 358 valence electrons. The number of hydrogen-bond acceptors (Lipinski definition) is 5. The summed E-state index contributed by atoms with van der Waals surface area (Å²) in [4.78, 5) is 16.4. The van der Waals surface area contributed by atoms with Crippen LogP contribution in [0.25, 0.3) is 161 Å². The van der Waals surface area contributed by atoms with Crippen molar-refractivity contribution in [2.45, 2.75) is 0 Å². The first kappa shape index (κ1) is 41.9. The predicted octanol–water partition coefficient (Wildman–Crippen LogP) is 18.0. The van der Waals surface area contributed by atoms with Gasteiger partial charge in [0.2, 0.25) is 5.95 Å². The van der Waals surface area contributed by atoms with Crippen molar-refractivity contribution in [1.82, 2.24) is 28.7 Å². The van der Waals surface area contributed by atoms with Gasteiger partial charge in [-0.1, -0.05) is 170 Å². The summed E-state index contributed by atoms with van der Waals surface area (Å²) in [7, 11) is 0. The van der Waals surface area contributed by atoms with Crippen LogP contribution in [-0.2, 0) is 0 Å². The average molecular weight is 985 g/mol. The molecule has 0 spiro atoms. The lowest BCUT2D eigenvalue weighted by atomic mass is 9.95. The minimum atomic E-state index is 0.511. The highest BCUT2D eigenvalue weighted by atomic mass is 16.3. The standard InChI is InChI=1S/C69H40N6O2/c1-3-18-41(19-4-1)67-70-68(72-69(71-67)75-56-31-15-10-25-47(56)49-36-35-48-46-24-9-12-28-53(46)73(65(48)66(49)75)43-20-5-2-6-21-43)51-27-17-33-60-63(51)52-40-42(34-38-59(52)77-60)62-57(37-39-61-64(62)50-26-11-16-32-58(50)76-61)74-54-29-13-7-22-44(54)45-23-8-14-30-55(45)74/h1-40H. The zero-order chi connectivity index (χ0) is 50.3. The van der Waals surface area contributed by atoms with Crippen molar-refractivity contribution in [1.29, 1.82) is 0 Å². The molecule has 8 heteroatoms. The second kappa shape index (κ2) is 16.0. The SMILES string of the molecule is c1ccc(-c2nc(-c3cccc4oc5ccc(-c6c(-n7c8ccccc8c8ccccc87)ccc7oc8ccccc8c67)cc5c34)nc(-n3c4ccccc4c4ccc5c6ccccc6n(-c6ccccc6)c5c43)n2)cc1. The molecule has 0 fully saturated rings. The maximum absolute atomic E-state index is 6.83. The molecule has 6 aromatic heterocycles. The molecule has 0 unspecified atom stereocenters. The van der Waals surface area contributed by atoms with Gasteiger partial charge in [-0.2, -0.15) is 9.97 Å². The highest BCUT2D eigenvalue weighted by Gasteiger charge is 2.26. The second-order valence-corrected chi connectivity index (χ2v) is 19.8. The van der Waals surface area contributed by atoms with Crippen LogP contribution < -0.4 is 0 Å². The Bertz CT molecular complexity index is 5240. The van der Waals surface area contributed by atoms with Crippen molar-refractivity contribution in [2.75, 3.05) is 0 Å². The van der Waals surface area contributed by atoms with Crippen LogP contribution in [-0.4, -0.2) is 28.7 Å². The lowest BCUT2D eigenvalue weighted by Gasteiger charge is -2.16. The number of nitrogens with zero attached hydrogens (tertiary/aromatic N) is 6. The van der Waals surface area contributed by atoms with Gasteiger partial charge in [0.05, 0.1) is 38.8 Å². The van der Waals surface area contributed by atoms with E-state index in [1.807, 2.05) is 36.4 Å². The minimum Gasteiger partial charge on any atom is -0.456 e. The number of benzene rings is 11. The topological polar surface area (TPSA) is 79.7 Å². The number of furan rings is 2. The van der Waals surface area contributed by atoms with Gasteiger partial charge < -0.3 is 18.0 Å². The summed E-state index contributed by atoms with van der Waals surface area (Å²) < 4.78 is 20.5. The van der Waals surface area contributed by atoms with Gasteiger partial charge in [-0.05, 0) is 78.4 Å². The Hall–Kier alpha value is -10.6. The third kappa shape index (κ3) is 6.00. The molecule has 6 heterocycles. The van der Waals surface area contributed by atoms with Crippen LogP contribution in [0.2, 0.25) is 0 Å². The zero-order valence-electron chi connectivity index (χ0n) is 41.1. The van der Waals surface area contributed by atoms with Gasteiger partial charge in [0.15, 0.2) is 11.6 Å². The normalized spacial score (nSPS) is 12.2. The monoisotopic (exact) mass is 984 g/mol. The molecule has 17 aromatic rings. The second-order valence-electron chi connectivity index (χ2n) is 19.8. The Labute approximate surface area is 438 Å². The smallest absolute Gasteiger partial charge is 0.238 e. The molecule has 8 nitrogen and oxygen atoms in total. The van der Waals surface area contributed by atoms with Gasteiger partial charge in [0.25, 0.3) is 0 Å². The summed E-state index contributed by atoms with van der Waals surface area (Å²) in [6, 6.07) is 85.4. The fourth-order valence-corrected chi connectivity index (χ4v) is 12.5. The van der Waals surface area contributed by atoms with Gasteiger partial charge in [0.1, 0.15) is 22.3 Å². The first-order valence-electron chi connectivity index (χ1n) is 25.9. The molecule has 0 aliphatic carbocycles. The number of rotatable bonds is 6. The highest BCUT2D eigenvalue weighted by molar-refractivity contribution is 6.24. The summed E-state index contributed by atoms with van der Waals surface area (Å²) in [6.07, 6.45) is 0. The van der Waals surface area contributed by atoms with Crippen LogP contribution in [0.1, 0.15) is 0 Å². The molecule has 0 aliphatic heterocycles. The van der Waals surface area contributed by atoms with Crippen LogP contribution in [0.3, 0.4) is 0 Å². The van der Waals surface area contributed by atoms with E-state index in [-0.39, 0.29) is 0 Å². The van der Waals surface area contributed by atoms with Gasteiger partial charge in [-0.15, -0.1) is 0 Å². The molecule has 0 aliphatic rings. The van der Waals surface area contributed by atoms with E-state index in [2.05, 4.69) is 220 Å². The molecular weight excluding hydrogens is 945 g/mol. The molecule has 0 radical (unpaired) electrons. The summed E-state index contributed by atoms with van der Waals surface area (Å²) in [6.45, 7) is 0. The summed E-state index contributed by atoms with van der Waals surface area (Å²) in [5.41, 5.74) is 15.5. The van der Waals surface area contributed by atoms with E-state index in [1.165, 1.54) is 16.2 Å². The largest absolute Gasteiger partial charge is 0.456 e. The maximum Gasteiger partial charge on any atom is 0.238 e. The van der Waals surface area contributed by atoms with Gasteiger partial charge in [0, 0.05) is 76.2 Å². The van der Waals surface area contributed by atoms with Crippen molar-refractivity contribution >= 4 is 109 Å². The first-order chi connectivity index (χ1) is 38.2. The van der Waals surface area contributed by atoms with E-state index in [0.29, 0.717) is 17.6 Å². The van der Waals surface area contributed by atoms with E-state index >= 15 is 0 Å². The molecule has 17 rings (SSSR count). The molecule has 0 N–H and O–H groups in total. The number of para-hydroxylation sites is 6. The van der Waals surface area contributed by atoms with Crippen molar-refractivity contribution in [3.8, 4) is 51.2 Å². The molecule has 0 atom stereocenters. The third-order valence-corrected chi connectivity index (χ3v) is 15.7. The van der Waals surface area contributed by atoms with E-state index in [9.17, 15) is 0 Å². The zero-order valence-corrected chi connectivity index (χ0v) is 41.1. The Morgan fingerprint density at radius 3 is 1.49 bits per heavy atom. The third-order valence-electron chi connectivity index (χ3n) is 15.7. The van der Waals surface area contributed by atoms with Crippen LogP contribution >= 0.6 is 0 Å². The summed E-state index contributed by atoms with van der Waals surface area (Å²) in [5.74, 6) is 1.60. The van der Waals surface area contributed by atoms with E-state index in [1.54, 1.807) is 0 Å². The fraction of sp³-hybridized carbons (Fsp3) is 0. The van der Waals surface area contributed by atoms with Crippen LogP contribution in [0.5, 0.6) is 0 Å². The quantitative estimate of drug-likeness (QED) is 0.166. The van der Waals surface area contributed by atoms with Crippen LogP contribution in [0.15, 0.2) is 251 Å². The highest BCUT2D eigenvalue weighted by Crippen LogP contribution is 2.47. The van der Waals surface area contributed by atoms with Crippen molar-refractivity contribution < 1.29 is 8.83 Å². The van der Waals surface area contributed by atoms with E-state index in [0.717, 1.165) is 127 Å². The Morgan fingerprint density at radius 1 is 0.299 bits per heavy atom. The van der Waals surface area contributed by atoms with Gasteiger partial charge in [-0.3, -0.25) is 4.57 Å². The Kier molecular flexibility index (Phi) is 8.68. The average Bonchev–Trinajstić information content (AvgIpc) is 4.47. The molecule has 0 bridgehead atoms. The molecule has 11 aromatic carbocycles. The Balaban J connectivity index is 0.954. The maximum atomic E-state index is 6.83. The first-order valence-corrected chi connectivity index (χ1v) is 25.9. The molecular formula is C69H40N6O2. The molecule has 0 amide bonds. The summed E-state index contributed by atoms with van der Waals surface area (Å²) in [5, 5.41) is 10.9.